The molecule has 3 aromatic carbocycles. The van der Waals surface area contributed by atoms with E-state index in [0.29, 0.717) is 16.0 Å². The molecule has 0 spiro atoms. The zero-order chi connectivity index (χ0) is 28.1. The van der Waals surface area contributed by atoms with Gasteiger partial charge in [-0.15, -0.1) is 13.2 Å². The summed E-state index contributed by atoms with van der Waals surface area (Å²) < 4.78 is 52.9. The third-order valence-electron chi connectivity index (χ3n) is 6.15. The summed E-state index contributed by atoms with van der Waals surface area (Å²) in [6.07, 6.45) is -4.89. The van der Waals surface area contributed by atoms with Gasteiger partial charge in [-0.25, -0.2) is 0 Å². The normalized spacial score (nSPS) is 15.8. The second kappa shape index (κ2) is 9.70. The van der Waals surface area contributed by atoms with Crippen molar-refractivity contribution in [1.82, 2.24) is 0 Å². The number of aryl methyl sites for hydroxylation is 1. The van der Waals surface area contributed by atoms with E-state index in [1.807, 2.05) is 13.0 Å². The number of furan rings is 1. The monoisotopic (exact) mass is 557 g/mol. The topological polar surface area (TPSA) is 89.2 Å². The lowest BCUT2D eigenvalue weighted by molar-refractivity contribution is -0.274. The van der Waals surface area contributed by atoms with Gasteiger partial charge in [0.25, 0.3) is 5.91 Å². The van der Waals surface area contributed by atoms with Gasteiger partial charge >= 0.3 is 6.36 Å². The number of ether oxygens (including phenoxy) is 2. The number of hydrogen-bond donors (Lipinski definition) is 1. The van der Waals surface area contributed by atoms with Gasteiger partial charge in [0.1, 0.15) is 5.75 Å². The number of rotatable bonds is 6. The largest absolute Gasteiger partial charge is 0.573 e. The number of aliphatic hydroxyl groups excluding tert-OH is 1. The van der Waals surface area contributed by atoms with E-state index in [9.17, 15) is 27.9 Å². The van der Waals surface area contributed by atoms with Crippen molar-refractivity contribution < 1.29 is 41.8 Å². The van der Waals surface area contributed by atoms with Crippen molar-refractivity contribution in [2.24, 2.45) is 0 Å². The molecule has 200 valence electrons. The highest BCUT2D eigenvalue weighted by molar-refractivity contribution is 6.31. The Hall–Kier alpha value is -4.44. The van der Waals surface area contributed by atoms with Crippen LogP contribution >= 0.6 is 11.6 Å². The van der Waals surface area contributed by atoms with E-state index in [1.54, 1.807) is 24.3 Å². The van der Waals surface area contributed by atoms with Crippen LogP contribution in [0, 0.1) is 6.92 Å². The van der Waals surface area contributed by atoms with Gasteiger partial charge in [0.15, 0.2) is 22.9 Å². The number of carbonyl (C=O) groups excluding carboxylic acids is 2. The minimum absolute atomic E-state index is 0.133. The van der Waals surface area contributed by atoms with E-state index in [2.05, 4.69) is 4.74 Å². The summed E-state index contributed by atoms with van der Waals surface area (Å²) in [5.74, 6) is -2.86. The van der Waals surface area contributed by atoms with Crippen molar-refractivity contribution in [3.05, 3.63) is 100.0 Å². The average Bonchev–Trinajstić information content (AvgIpc) is 3.41. The van der Waals surface area contributed by atoms with Gasteiger partial charge in [0.2, 0.25) is 5.78 Å². The first kappa shape index (κ1) is 26.2. The molecule has 5 rings (SSSR count). The van der Waals surface area contributed by atoms with Crippen LogP contribution in [-0.4, -0.2) is 30.3 Å². The fraction of sp³-hybridized carbons (Fsp3) is 0.143. The fourth-order valence-electron chi connectivity index (χ4n) is 4.55. The smallest absolute Gasteiger partial charge is 0.503 e. The van der Waals surface area contributed by atoms with Crippen molar-refractivity contribution in [1.29, 1.82) is 0 Å². The first-order valence-electron chi connectivity index (χ1n) is 11.5. The summed E-state index contributed by atoms with van der Waals surface area (Å²) in [6, 6.07) is 14.9. The van der Waals surface area contributed by atoms with E-state index in [-0.39, 0.29) is 28.4 Å². The van der Waals surface area contributed by atoms with Gasteiger partial charge in [0.05, 0.1) is 18.7 Å². The SMILES string of the molecule is COc1cc(Cl)cc2cc(C(=O)C3=C(O)C(=O)N(c4ccc(OC(F)(F)F)cc4)C3c3cccc(C)c3)oc12. The number of Topliss-reactive ketones (excluding diaryl/α,β-unsaturated/α-hetero) is 1. The van der Waals surface area contributed by atoms with Crippen LogP contribution in [0.1, 0.15) is 27.7 Å². The molecule has 7 nitrogen and oxygen atoms in total. The van der Waals surface area contributed by atoms with Gasteiger partial charge in [0, 0.05) is 22.2 Å². The van der Waals surface area contributed by atoms with Crippen LogP contribution in [0.15, 0.2) is 82.5 Å². The van der Waals surface area contributed by atoms with Gasteiger partial charge in [-0.2, -0.15) is 0 Å². The zero-order valence-electron chi connectivity index (χ0n) is 20.4. The summed E-state index contributed by atoms with van der Waals surface area (Å²) in [7, 11) is 1.41. The highest BCUT2D eigenvalue weighted by atomic mass is 35.5. The number of aliphatic hydroxyl groups is 1. The molecular weight excluding hydrogens is 539 g/mol. The maximum Gasteiger partial charge on any atom is 0.573 e. The molecule has 0 bridgehead atoms. The molecule has 1 amide bonds. The Bertz CT molecular complexity index is 1640. The highest BCUT2D eigenvalue weighted by Crippen LogP contribution is 2.43. The number of nitrogens with zero attached hydrogens (tertiary/aromatic N) is 1. The third kappa shape index (κ3) is 4.90. The maximum atomic E-state index is 13.8. The van der Waals surface area contributed by atoms with Gasteiger partial charge in [-0.3, -0.25) is 14.5 Å². The molecule has 0 fully saturated rings. The standard InChI is InChI=1S/C28H19ClF3NO6/c1-14-4-3-5-15(10-14)23-22(24(34)20-12-16-11-17(29)13-21(37-2)26(16)38-20)25(35)27(36)33(23)18-6-8-19(9-7-18)39-28(30,31)32/h3-13,23,35H,1-2H3. The Morgan fingerprint density at radius 2 is 1.79 bits per heavy atom. The molecule has 2 heterocycles. The van der Waals surface area contributed by atoms with Crippen molar-refractivity contribution in [2.75, 3.05) is 12.0 Å². The predicted octanol–water partition coefficient (Wildman–Crippen LogP) is 7.08. The summed E-state index contributed by atoms with van der Waals surface area (Å²) in [5.41, 5.74) is 1.43. The molecule has 0 radical (unpaired) electrons. The number of methoxy groups -OCH3 is 1. The third-order valence-corrected chi connectivity index (χ3v) is 6.37. The number of fused-ring (bicyclic) bond motifs is 1. The van der Waals surface area contributed by atoms with E-state index < -0.39 is 35.6 Å². The molecule has 11 heteroatoms. The molecule has 0 saturated carbocycles. The molecule has 4 aromatic rings. The number of halogens is 4. The van der Waals surface area contributed by atoms with Crippen LogP contribution in [0.4, 0.5) is 18.9 Å². The van der Waals surface area contributed by atoms with Gasteiger partial charge < -0.3 is 19.0 Å². The molecule has 1 atom stereocenters. The van der Waals surface area contributed by atoms with Crippen LogP contribution in [0.3, 0.4) is 0 Å². The quantitative estimate of drug-likeness (QED) is 0.255. The molecular formula is C28H19ClF3NO6. The van der Waals surface area contributed by atoms with Crippen molar-refractivity contribution in [3.8, 4) is 11.5 Å². The summed E-state index contributed by atoms with van der Waals surface area (Å²) in [5, 5.41) is 11.8. The molecule has 0 aliphatic carbocycles. The van der Waals surface area contributed by atoms with E-state index in [0.717, 1.165) is 22.6 Å². The first-order valence-corrected chi connectivity index (χ1v) is 11.9. The second-order valence-electron chi connectivity index (χ2n) is 8.76. The van der Waals surface area contributed by atoms with Crippen LogP contribution in [0.5, 0.6) is 11.5 Å². The van der Waals surface area contributed by atoms with E-state index in [4.69, 9.17) is 20.8 Å². The second-order valence-corrected chi connectivity index (χ2v) is 9.20. The van der Waals surface area contributed by atoms with E-state index in [1.165, 1.54) is 31.4 Å². The maximum absolute atomic E-state index is 13.8. The summed E-state index contributed by atoms with van der Waals surface area (Å²) in [6.45, 7) is 1.81. The molecule has 39 heavy (non-hydrogen) atoms. The van der Waals surface area contributed by atoms with Crippen molar-refractivity contribution in [3.63, 3.8) is 0 Å². The average molecular weight is 558 g/mol. The lowest BCUT2D eigenvalue weighted by Crippen LogP contribution is -2.31. The molecule has 1 aliphatic rings. The molecule has 1 unspecified atom stereocenters. The minimum atomic E-state index is -4.89. The number of anilines is 1. The lowest BCUT2D eigenvalue weighted by Gasteiger charge is -2.27. The van der Waals surface area contributed by atoms with Crippen molar-refractivity contribution in [2.45, 2.75) is 19.3 Å². The van der Waals surface area contributed by atoms with Crippen LogP contribution in [-0.2, 0) is 4.79 Å². The Morgan fingerprint density at radius 3 is 2.44 bits per heavy atom. The molecule has 1 N–H and O–H groups in total. The predicted molar refractivity (Wildman–Crippen MR) is 136 cm³/mol. The Kier molecular flexibility index (Phi) is 6.51. The van der Waals surface area contributed by atoms with Gasteiger partial charge in [-0.1, -0.05) is 41.4 Å². The zero-order valence-corrected chi connectivity index (χ0v) is 21.1. The first-order chi connectivity index (χ1) is 18.5. The molecule has 0 saturated heterocycles. The number of alkyl halides is 3. The van der Waals surface area contributed by atoms with Crippen LogP contribution in [0.2, 0.25) is 5.02 Å². The fourth-order valence-corrected chi connectivity index (χ4v) is 4.77. The lowest BCUT2D eigenvalue weighted by atomic mass is 9.94. The van der Waals surface area contributed by atoms with Gasteiger partial charge in [-0.05, 0) is 48.9 Å². The van der Waals surface area contributed by atoms with Crippen molar-refractivity contribution >= 4 is 39.9 Å². The number of benzene rings is 3. The molecule has 1 aromatic heterocycles. The van der Waals surface area contributed by atoms with Crippen LogP contribution < -0.4 is 14.4 Å². The van der Waals surface area contributed by atoms with Crippen LogP contribution in [0.25, 0.3) is 11.0 Å². The Morgan fingerprint density at radius 1 is 1.08 bits per heavy atom. The number of amides is 1. The highest BCUT2D eigenvalue weighted by Gasteiger charge is 2.45. The number of hydrogen-bond acceptors (Lipinski definition) is 6. The minimum Gasteiger partial charge on any atom is -0.503 e. The molecule has 1 aliphatic heterocycles. The summed E-state index contributed by atoms with van der Waals surface area (Å²) in [4.78, 5) is 28.3. The number of carbonyl (C=O) groups is 2. The Labute approximate surface area is 224 Å². The number of ketones is 1. The Balaban J connectivity index is 1.61. The summed E-state index contributed by atoms with van der Waals surface area (Å²) >= 11 is 6.13. The van der Waals surface area contributed by atoms with E-state index >= 15 is 0 Å².